The van der Waals surface area contributed by atoms with Gasteiger partial charge in [0.25, 0.3) is 0 Å². The van der Waals surface area contributed by atoms with Gasteiger partial charge < -0.3 is 19.0 Å². The SMILES string of the molecule is COc1cc(/C=C/C(=O)c2c(O)cc(C)oc2=O)ccc1OC(F)F. The van der Waals surface area contributed by atoms with Gasteiger partial charge in [0.15, 0.2) is 17.3 Å². The van der Waals surface area contributed by atoms with Gasteiger partial charge >= 0.3 is 12.2 Å². The third-order valence-corrected chi connectivity index (χ3v) is 3.13. The number of halogens is 2. The van der Waals surface area contributed by atoms with E-state index in [1.54, 1.807) is 0 Å². The van der Waals surface area contributed by atoms with Crippen LogP contribution in [0.15, 0.2) is 39.6 Å². The Hall–Kier alpha value is -3.16. The van der Waals surface area contributed by atoms with E-state index in [1.807, 2.05) is 0 Å². The molecule has 0 amide bonds. The summed E-state index contributed by atoms with van der Waals surface area (Å²) in [6.07, 6.45) is 2.37. The zero-order valence-electron chi connectivity index (χ0n) is 13.3. The Morgan fingerprint density at radius 1 is 1.28 bits per heavy atom. The Morgan fingerprint density at radius 2 is 2.00 bits per heavy atom. The lowest BCUT2D eigenvalue weighted by molar-refractivity contribution is -0.0512. The van der Waals surface area contributed by atoms with Crippen LogP contribution in [0.3, 0.4) is 0 Å². The van der Waals surface area contributed by atoms with E-state index in [2.05, 4.69) is 4.74 Å². The second kappa shape index (κ2) is 7.61. The summed E-state index contributed by atoms with van der Waals surface area (Å²) >= 11 is 0. The Labute approximate surface area is 140 Å². The zero-order valence-corrected chi connectivity index (χ0v) is 13.3. The number of benzene rings is 1. The van der Waals surface area contributed by atoms with Gasteiger partial charge in [-0.2, -0.15) is 8.78 Å². The van der Waals surface area contributed by atoms with Crippen molar-refractivity contribution in [1.82, 2.24) is 0 Å². The topological polar surface area (TPSA) is 86.0 Å². The number of alkyl halides is 2. The number of rotatable bonds is 6. The van der Waals surface area contributed by atoms with Crippen LogP contribution in [0, 0.1) is 6.92 Å². The Kier molecular flexibility index (Phi) is 5.53. The summed E-state index contributed by atoms with van der Waals surface area (Å²) in [7, 11) is 1.28. The monoisotopic (exact) mass is 352 g/mol. The minimum absolute atomic E-state index is 0.0487. The Morgan fingerprint density at radius 3 is 2.60 bits per heavy atom. The van der Waals surface area contributed by atoms with E-state index in [9.17, 15) is 23.5 Å². The van der Waals surface area contributed by atoms with Gasteiger partial charge in [-0.3, -0.25) is 4.79 Å². The van der Waals surface area contributed by atoms with Crippen molar-refractivity contribution < 1.29 is 32.6 Å². The number of aromatic hydroxyl groups is 1. The fraction of sp³-hybridized carbons (Fsp3) is 0.176. The predicted octanol–water partition coefficient (Wildman–Crippen LogP) is 3.16. The molecule has 1 aromatic carbocycles. The van der Waals surface area contributed by atoms with Crippen molar-refractivity contribution in [2.75, 3.05) is 7.11 Å². The summed E-state index contributed by atoms with van der Waals surface area (Å²) in [4.78, 5) is 23.7. The maximum atomic E-state index is 12.3. The van der Waals surface area contributed by atoms with Crippen LogP contribution in [0.5, 0.6) is 17.2 Å². The molecule has 1 aromatic heterocycles. The van der Waals surface area contributed by atoms with Gasteiger partial charge in [-0.1, -0.05) is 12.1 Å². The summed E-state index contributed by atoms with van der Waals surface area (Å²) in [5.74, 6) is -1.19. The average molecular weight is 352 g/mol. The van der Waals surface area contributed by atoms with Gasteiger partial charge in [0.1, 0.15) is 17.1 Å². The molecule has 6 nitrogen and oxygen atoms in total. The van der Waals surface area contributed by atoms with Crippen LogP contribution in [-0.4, -0.2) is 24.6 Å². The first-order chi connectivity index (χ1) is 11.8. The molecular weight excluding hydrogens is 338 g/mol. The number of ketones is 1. The molecular formula is C17H14F2O6. The van der Waals surface area contributed by atoms with Crippen LogP contribution in [0.1, 0.15) is 21.7 Å². The molecule has 0 aliphatic rings. The summed E-state index contributed by atoms with van der Waals surface area (Å²) in [6, 6.07) is 5.20. The minimum Gasteiger partial charge on any atom is -0.507 e. The number of aryl methyl sites for hydroxylation is 1. The molecule has 132 valence electrons. The third-order valence-electron chi connectivity index (χ3n) is 3.13. The summed E-state index contributed by atoms with van der Waals surface area (Å²) in [5.41, 5.74) is -1.01. The molecule has 0 aliphatic carbocycles. The van der Waals surface area contributed by atoms with E-state index >= 15 is 0 Å². The molecule has 1 heterocycles. The van der Waals surface area contributed by atoms with Crippen LogP contribution in [0.4, 0.5) is 8.78 Å². The quantitative estimate of drug-likeness (QED) is 0.635. The molecule has 2 aromatic rings. The summed E-state index contributed by atoms with van der Waals surface area (Å²) < 4.78 is 38.6. The maximum Gasteiger partial charge on any atom is 0.387 e. The molecule has 0 radical (unpaired) electrons. The Bertz CT molecular complexity index is 870. The van der Waals surface area contributed by atoms with Crippen molar-refractivity contribution in [3.8, 4) is 17.2 Å². The van der Waals surface area contributed by atoms with Crippen molar-refractivity contribution >= 4 is 11.9 Å². The van der Waals surface area contributed by atoms with Gasteiger partial charge in [0.05, 0.1) is 7.11 Å². The van der Waals surface area contributed by atoms with Crippen LogP contribution < -0.4 is 15.1 Å². The van der Waals surface area contributed by atoms with Crippen LogP contribution >= 0.6 is 0 Å². The molecule has 0 spiro atoms. The first kappa shape index (κ1) is 18.2. The molecule has 25 heavy (non-hydrogen) atoms. The van der Waals surface area contributed by atoms with Crippen LogP contribution in [0.2, 0.25) is 0 Å². The van der Waals surface area contributed by atoms with Gasteiger partial charge in [0, 0.05) is 6.07 Å². The predicted molar refractivity (Wildman–Crippen MR) is 84.4 cm³/mol. The number of ether oxygens (including phenoxy) is 2. The van der Waals surface area contributed by atoms with E-state index in [0.717, 1.165) is 12.1 Å². The molecule has 1 N–H and O–H groups in total. The maximum absolute atomic E-state index is 12.3. The van der Waals surface area contributed by atoms with E-state index in [4.69, 9.17) is 9.15 Å². The first-order valence-corrected chi connectivity index (χ1v) is 7.00. The second-order valence-corrected chi connectivity index (χ2v) is 4.89. The van der Waals surface area contributed by atoms with Gasteiger partial charge in [-0.25, -0.2) is 4.79 Å². The number of allylic oxidation sites excluding steroid dienone is 1. The fourth-order valence-corrected chi connectivity index (χ4v) is 2.06. The highest BCUT2D eigenvalue weighted by molar-refractivity contribution is 6.08. The molecule has 8 heteroatoms. The van der Waals surface area contributed by atoms with Crippen molar-refractivity contribution in [2.45, 2.75) is 13.5 Å². The highest BCUT2D eigenvalue weighted by Crippen LogP contribution is 2.30. The van der Waals surface area contributed by atoms with E-state index in [0.29, 0.717) is 5.56 Å². The number of carbonyl (C=O) groups excluding carboxylic acids is 1. The first-order valence-electron chi connectivity index (χ1n) is 7.00. The Balaban J connectivity index is 2.27. The highest BCUT2D eigenvalue weighted by Gasteiger charge is 2.16. The van der Waals surface area contributed by atoms with Crippen molar-refractivity contribution in [2.24, 2.45) is 0 Å². The average Bonchev–Trinajstić information content (AvgIpc) is 2.52. The standard InChI is InChI=1S/C17H14F2O6/c1-9-7-12(21)15(16(22)24-9)11(20)5-3-10-4-6-13(25-17(18)19)14(8-10)23-2/h3-8,17,21H,1-2H3/b5-3+. The van der Waals surface area contributed by atoms with Crippen molar-refractivity contribution in [3.63, 3.8) is 0 Å². The van der Waals surface area contributed by atoms with E-state index in [1.165, 1.54) is 38.3 Å². The lowest BCUT2D eigenvalue weighted by Crippen LogP contribution is -2.12. The highest BCUT2D eigenvalue weighted by atomic mass is 19.3. The largest absolute Gasteiger partial charge is 0.507 e. The summed E-state index contributed by atoms with van der Waals surface area (Å²) in [5, 5.41) is 9.72. The molecule has 0 saturated heterocycles. The number of hydrogen-bond acceptors (Lipinski definition) is 6. The third kappa shape index (κ3) is 4.43. The molecule has 0 atom stereocenters. The normalized spacial score (nSPS) is 11.1. The zero-order chi connectivity index (χ0) is 18.6. The van der Waals surface area contributed by atoms with Crippen LogP contribution in [0.25, 0.3) is 6.08 Å². The lowest BCUT2D eigenvalue weighted by Gasteiger charge is -2.10. The fourth-order valence-electron chi connectivity index (χ4n) is 2.06. The summed E-state index contributed by atoms with van der Waals surface area (Å²) in [6.45, 7) is -1.54. The molecule has 0 bridgehead atoms. The van der Waals surface area contributed by atoms with Gasteiger partial charge in [-0.15, -0.1) is 0 Å². The molecule has 0 unspecified atom stereocenters. The molecule has 0 aliphatic heterocycles. The number of methoxy groups -OCH3 is 1. The molecule has 2 rings (SSSR count). The van der Waals surface area contributed by atoms with Gasteiger partial charge in [0.2, 0.25) is 0 Å². The lowest BCUT2D eigenvalue weighted by atomic mass is 10.1. The minimum atomic E-state index is -3.00. The van der Waals surface area contributed by atoms with Crippen LogP contribution in [-0.2, 0) is 0 Å². The van der Waals surface area contributed by atoms with E-state index in [-0.39, 0.29) is 17.3 Å². The molecule has 0 saturated carbocycles. The van der Waals surface area contributed by atoms with Crippen molar-refractivity contribution in [1.29, 1.82) is 0 Å². The molecule has 0 fully saturated rings. The number of hydrogen-bond donors (Lipinski definition) is 1. The number of carbonyl (C=O) groups is 1. The van der Waals surface area contributed by atoms with Crippen molar-refractivity contribution in [3.05, 3.63) is 57.6 Å². The second-order valence-electron chi connectivity index (χ2n) is 4.89. The van der Waals surface area contributed by atoms with Gasteiger partial charge in [-0.05, 0) is 30.7 Å². The smallest absolute Gasteiger partial charge is 0.387 e. The van der Waals surface area contributed by atoms with E-state index < -0.39 is 29.3 Å².